The Morgan fingerprint density at radius 3 is 2.76 bits per heavy atom. The highest BCUT2D eigenvalue weighted by Gasteiger charge is 2.12. The molecule has 3 rings (SSSR count). The van der Waals surface area contributed by atoms with E-state index >= 15 is 0 Å². The molecule has 0 aliphatic carbocycles. The first-order chi connectivity index (χ1) is 12.1. The standard InChI is InChI=1S/C20H22N2O3/c1-22(2)20(24)17-5-3-4-15(11-17)19-12-16-7-6-14(10-18(16)25-19)13-21-8-9-23/h3-7,10-12,21,23H,8-9,13H2,1-2H3. The van der Waals surface area contributed by atoms with Crippen molar-refractivity contribution in [2.45, 2.75) is 6.54 Å². The number of nitrogens with one attached hydrogen (secondary N) is 1. The molecule has 0 aliphatic heterocycles. The second-order valence-corrected chi connectivity index (χ2v) is 6.16. The average molecular weight is 338 g/mol. The molecular formula is C20H22N2O3. The monoisotopic (exact) mass is 338 g/mol. The normalized spacial score (nSPS) is 11.0. The number of furan rings is 1. The van der Waals surface area contributed by atoms with E-state index in [1.807, 2.05) is 42.5 Å². The third-order valence-electron chi connectivity index (χ3n) is 4.00. The molecule has 1 heterocycles. The summed E-state index contributed by atoms with van der Waals surface area (Å²) in [5.41, 5.74) is 3.42. The van der Waals surface area contributed by atoms with Gasteiger partial charge in [0.1, 0.15) is 11.3 Å². The topological polar surface area (TPSA) is 65.7 Å². The largest absolute Gasteiger partial charge is 0.456 e. The van der Waals surface area contributed by atoms with Crippen molar-refractivity contribution < 1.29 is 14.3 Å². The Morgan fingerprint density at radius 1 is 1.16 bits per heavy atom. The van der Waals surface area contributed by atoms with Crippen LogP contribution in [-0.4, -0.2) is 43.2 Å². The fourth-order valence-corrected chi connectivity index (χ4v) is 2.70. The third kappa shape index (κ3) is 3.90. The predicted octanol–water partition coefficient (Wildman–Crippen LogP) is 2.88. The van der Waals surface area contributed by atoms with Gasteiger partial charge in [-0.25, -0.2) is 0 Å². The minimum Gasteiger partial charge on any atom is -0.456 e. The van der Waals surface area contributed by atoms with Crippen LogP contribution >= 0.6 is 0 Å². The minimum absolute atomic E-state index is 0.0322. The van der Waals surface area contributed by atoms with E-state index in [2.05, 4.69) is 5.32 Å². The lowest BCUT2D eigenvalue weighted by Gasteiger charge is -2.10. The van der Waals surface area contributed by atoms with Crippen LogP contribution in [0.3, 0.4) is 0 Å². The van der Waals surface area contributed by atoms with Crippen LogP contribution in [0.15, 0.2) is 52.9 Å². The van der Waals surface area contributed by atoms with Gasteiger partial charge in [0.25, 0.3) is 5.91 Å². The van der Waals surface area contributed by atoms with Gasteiger partial charge in [0.15, 0.2) is 0 Å². The van der Waals surface area contributed by atoms with Crippen molar-refractivity contribution in [1.82, 2.24) is 10.2 Å². The number of hydrogen-bond acceptors (Lipinski definition) is 4. The summed E-state index contributed by atoms with van der Waals surface area (Å²) in [6, 6.07) is 15.5. The fraction of sp³-hybridized carbons (Fsp3) is 0.250. The third-order valence-corrected chi connectivity index (χ3v) is 4.00. The summed E-state index contributed by atoms with van der Waals surface area (Å²) < 4.78 is 5.99. The highest BCUT2D eigenvalue weighted by atomic mass is 16.3. The molecule has 0 unspecified atom stereocenters. The summed E-state index contributed by atoms with van der Waals surface area (Å²) in [4.78, 5) is 13.7. The molecule has 1 aromatic heterocycles. The molecular weight excluding hydrogens is 316 g/mol. The molecule has 3 aromatic rings. The maximum atomic E-state index is 12.1. The van der Waals surface area contributed by atoms with E-state index < -0.39 is 0 Å². The summed E-state index contributed by atoms with van der Waals surface area (Å²) in [5.74, 6) is 0.707. The van der Waals surface area contributed by atoms with E-state index in [1.165, 1.54) is 0 Å². The lowest BCUT2D eigenvalue weighted by Crippen LogP contribution is -2.21. The van der Waals surface area contributed by atoms with Gasteiger partial charge in [-0.15, -0.1) is 0 Å². The van der Waals surface area contributed by atoms with Crippen LogP contribution in [0.2, 0.25) is 0 Å². The molecule has 25 heavy (non-hydrogen) atoms. The first kappa shape index (κ1) is 17.2. The SMILES string of the molecule is CN(C)C(=O)c1cccc(-c2cc3ccc(CNCCO)cc3o2)c1. The quantitative estimate of drug-likeness (QED) is 0.678. The van der Waals surface area contributed by atoms with Crippen molar-refractivity contribution in [3.63, 3.8) is 0 Å². The van der Waals surface area contributed by atoms with E-state index in [-0.39, 0.29) is 12.5 Å². The van der Waals surface area contributed by atoms with Crippen molar-refractivity contribution in [1.29, 1.82) is 0 Å². The number of nitrogens with zero attached hydrogens (tertiary/aromatic N) is 1. The first-order valence-electron chi connectivity index (χ1n) is 8.24. The molecule has 0 aliphatic rings. The molecule has 0 atom stereocenters. The van der Waals surface area contributed by atoms with Gasteiger partial charge in [-0.05, 0) is 29.8 Å². The van der Waals surface area contributed by atoms with Gasteiger partial charge in [-0.1, -0.05) is 24.3 Å². The molecule has 0 bridgehead atoms. The van der Waals surface area contributed by atoms with E-state index in [0.29, 0.717) is 18.7 Å². The van der Waals surface area contributed by atoms with Crippen LogP contribution in [0.4, 0.5) is 0 Å². The number of benzene rings is 2. The van der Waals surface area contributed by atoms with Crippen LogP contribution in [0.25, 0.3) is 22.3 Å². The average Bonchev–Trinajstić information content (AvgIpc) is 3.05. The zero-order valence-electron chi connectivity index (χ0n) is 14.5. The molecule has 2 aromatic carbocycles. The second kappa shape index (κ2) is 7.51. The number of rotatable bonds is 6. The smallest absolute Gasteiger partial charge is 0.253 e. The van der Waals surface area contributed by atoms with Gasteiger partial charge in [0, 0.05) is 43.7 Å². The van der Waals surface area contributed by atoms with Crippen molar-refractivity contribution in [2.24, 2.45) is 0 Å². The van der Waals surface area contributed by atoms with Crippen LogP contribution in [0, 0.1) is 0 Å². The number of hydrogen-bond donors (Lipinski definition) is 2. The van der Waals surface area contributed by atoms with Gasteiger partial charge in [0.05, 0.1) is 6.61 Å². The summed E-state index contributed by atoms with van der Waals surface area (Å²) in [7, 11) is 3.48. The van der Waals surface area contributed by atoms with Crippen molar-refractivity contribution in [3.8, 4) is 11.3 Å². The molecule has 0 saturated carbocycles. The summed E-state index contributed by atoms with van der Waals surface area (Å²) in [6.07, 6.45) is 0. The highest BCUT2D eigenvalue weighted by Crippen LogP contribution is 2.29. The molecule has 2 N–H and O–H groups in total. The van der Waals surface area contributed by atoms with Crippen LogP contribution < -0.4 is 5.32 Å². The lowest BCUT2D eigenvalue weighted by atomic mass is 10.1. The van der Waals surface area contributed by atoms with Crippen LogP contribution in [0.5, 0.6) is 0 Å². The molecule has 0 spiro atoms. The number of amides is 1. The van der Waals surface area contributed by atoms with Crippen molar-refractivity contribution in [2.75, 3.05) is 27.2 Å². The van der Waals surface area contributed by atoms with E-state index in [1.54, 1.807) is 25.1 Å². The van der Waals surface area contributed by atoms with Crippen LogP contribution in [0.1, 0.15) is 15.9 Å². The maximum absolute atomic E-state index is 12.1. The predicted molar refractivity (Wildman–Crippen MR) is 98.5 cm³/mol. The van der Waals surface area contributed by atoms with Crippen molar-refractivity contribution in [3.05, 3.63) is 59.7 Å². The number of aliphatic hydroxyl groups is 1. The molecule has 0 fully saturated rings. The Kier molecular flexibility index (Phi) is 5.16. The van der Waals surface area contributed by atoms with E-state index in [9.17, 15) is 4.79 Å². The maximum Gasteiger partial charge on any atom is 0.253 e. The Bertz CT molecular complexity index is 884. The number of carbonyl (C=O) groups excluding carboxylic acids is 1. The van der Waals surface area contributed by atoms with E-state index in [0.717, 1.165) is 27.9 Å². The Morgan fingerprint density at radius 2 is 2.00 bits per heavy atom. The zero-order chi connectivity index (χ0) is 17.8. The van der Waals surface area contributed by atoms with Gasteiger partial charge >= 0.3 is 0 Å². The van der Waals surface area contributed by atoms with Gasteiger partial charge in [-0.3, -0.25) is 4.79 Å². The van der Waals surface area contributed by atoms with E-state index in [4.69, 9.17) is 9.52 Å². The first-order valence-corrected chi connectivity index (χ1v) is 8.24. The summed E-state index contributed by atoms with van der Waals surface area (Å²) in [5, 5.41) is 13.0. The second-order valence-electron chi connectivity index (χ2n) is 6.16. The number of carbonyl (C=O) groups is 1. The van der Waals surface area contributed by atoms with Gasteiger partial charge in [-0.2, -0.15) is 0 Å². The van der Waals surface area contributed by atoms with Crippen molar-refractivity contribution >= 4 is 16.9 Å². The fourth-order valence-electron chi connectivity index (χ4n) is 2.70. The number of aliphatic hydroxyl groups excluding tert-OH is 1. The molecule has 5 heteroatoms. The summed E-state index contributed by atoms with van der Waals surface area (Å²) >= 11 is 0. The Balaban J connectivity index is 1.89. The molecule has 0 radical (unpaired) electrons. The minimum atomic E-state index is -0.0322. The highest BCUT2D eigenvalue weighted by molar-refractivity contribution is 5.95. The van der Waals surface area contributed by atoms with Crippen LogP contribution in [-0.2, 0) is 6.54 Å². The molecule has 130 valence electrons. The Labute approximate surface area is 146 Å². The zero-order valence-corrected chi connectivity index (χ0v) is 14.5. The van der Waals surface area contributed by atoms with Gasteiger partial charge < -0.3 is 19.7 Å². The summed E-state index contributed by atoms with van der Waals surface area (Å²) in [6.45, 7) is 1.36. The Hall–Kier alpha value is -2.63. The molecule has 5 nitrogen and oxygen atoms in total. The lowest BCUT2D eigenvalue weighted by molar-refractivity contribution is 0.0827. The number of fused-ring (bicyclic) bond motifs is 1. The molecule has 0 saturated heterocycles. The molecule has 1 amide bonds. The van der Waals surface area contributed by atoms with Gasteiger partial charge in [0.2, 0.25) is 0 Å².